The van der Waals surface area contributed by atoms with Crippen LogP contribution in [0.4, 0.5) is 0 Å². The maximum Gasteiger partial charge on any atom is 0.328 e. The fourth-order valence-electron chi connectivity index (χ4n) is 2.76. The number of hydrogen-bond acceptors (Lipinski definition) is 4. The standard InChI is InChI=1S/C15H24N4O3.ClH/c1-19-14(21)12(10-18-15(19)22)13(20)17-9-8-16-11-6-4-2-3-5-7-11;/h10-11,16H,2-9H2,1H3,(H,17,20)(H,18,22);1H. The van der Waals surface area contributed by atoms with E-state index in [1.807, 2.05) is 0 Å². The van der Waals surface area contributed by atoms with Gasteiger partial charge in [-0.2, -0.15) is 0 Å². The molecule has 1 saturated carbocycles. The summed E-state index contributed by atoms with van der Waals surface area (Å²) in [6.45, 7) is 1.14. The molecular formula is C15H25ClN4O3. The third-order valence-electron chi connectivity index (χ3n) is 4.12. The van der Waals surface area contributed by atoms with Gasteiger partial charge in [0.2, 0.25) is 0 Å². The van der Waals surface area contributed by atoms with Crippen LogP contribution in [-0.2, 0) is 7.05 Å². The molecule has 1 heterocycles. The van der Waals surface area contributed by atoms with E-state index in [0.717, 1.165) is 4.57 Å². The van der Waals surface area contributed by atoms with Crippen LogP contribution in [0.25, 0.3) is 0 Å². The molecule has 23 heavy (non-hydrogen) atoms. The minimum Gasteiger partial charge on any atom is -0.351 e. The van der Waals surface area contributed by atoms with Crippen LogP contribution in [-0.4, -0.2) is 34.6 Å². The van der Waals surface area contributed by atoms with Crippen LogP contribution in [0.5, 0.6) is 0 Å². The average Bonchev–Trinajstić information content (AvgIpc) is 2.78. The lowest BCUT2D eigenvalue weighted by Crippen LogP contribution is -2.41. The number of hydrogen-bond donors (Lipinski definition) is 3. The summed E-state index contributed by atoms with van der Waals surface area (Å²) in [5, 5.41) is 6.15. The maximum atomic E-state index is 12.0. The number of H-pyrrole nitrogens is 1. The Kier molecular flexibility index (Phi) is 8.05. The van der Waals surface area contributed by atoms with Crippen LogP contribution < -0.4 is 21.9 Å². The molecule has 3 N–H and O–H groups in total. The van der Waals surface area contributed by atoms with Crippen molar-refractivity contribution in [3.05, 3.63) is 32.6 Å². The number of halogens is 1. The van der Waals surface area contributed by atoms with Gasteiger partial charge in [-0.05, 0) is 12.8 Å². The number of aromatic amines is 1. The van der Waals surface area contributed by atoms with Crippen LogP contribution in [0.15, 0.2) is 15.8 Å². The number of rotatable bonds is 5. The van der Waals surface area contributed by atoms with Crippen molar-refractivity contribution in [3.8, 4) is 0 Å². The van der Waals surface area contributed by atoms with Crippen molar-refractivity contribution in [2.45, 2.75) is 44.6 Å². The zero-order valence-electron chi connectivity index (χ0n) is 13.4. The quantitative estimate of drug-likeness (QED) is 0.536. The fourth-order valence-corrected chi connectivity index (χ4v) is 2.76. The Hall–Kier alpha value is -1.60. The van der Waals surface area contributed by atoms with Gasteiger partial charge in [0.25, 0.3) is 11.5 Å². The maximum absolute atomic E-state index is 12.0. The molecule has 1 amide bonds. The van der Waals surface area contributed by atoms with E-state index in [9.17, 15) is 14.4 Å². The molecular weight excluding hydrogens is 320 g/mol. The van der Waals surface area contributed by atoms with Gasteiger partial charge in [-0.15, -0.1) is 12.4 Å². The monoisotopic (exact) mass is 344 g/mol. The van der Waals surface area contributed by atoms with Gasteiger partial charge in [-0.1, -0.05) is 25.7 Å². The number of aromatic nitrogens is 2. The smallest absolute Gasteiger partial charge is 0.328 e. The van der Waals surface area contributed by atoms with Crippen molar-refractivity contribution in [3.63, 3.8) is 0 Å². The van der Waals surface area contributed by atoms with Gasteiger partial charge < -0.3 is 15.6 Å². The summed E-state index contributed by atoms with van der Waals surface area (Å²) < 4.78 is 0.888. The van der Waals surface area contributed by atoms with Gasteiger partial charge in [0.15, 0.2) is 0 Å². The molecule has 0 aliphatic heterocycles. The Morgan fingerprint density at radius 1 is 1.22 bits per heavy atom. The highest BCUT2D eigenvalue weighted by atomic mass is 35.5. The van der Waals surface area contributed by atoms with Crippen molar-refractivity contribution in [1.29, 1.82) is 0 Å². The largest absolute Gasteiger partial charge is 0.351 e. The summed E-state index contributed by atoms with van der Waals surface area (Å²) in [5.41, 5.74) is -1.16. The van der Waals surface area contributed by atoms with Gasteiger partial charge in [0.05, 0.1) is 0 Å². The highest BCUT2D eigenvalue weighted by Crippen LogP contribution is 2.16. The number of carbonyl (C=O) groups excluding carboxylic acids is 1. The number of carbonyl (C=O) groups is 1. The first-order valence-electron chi connectivity index (χ1n) is 7.90. The van der Waals surface area contributed by atoms with E-state index in [2.05, 4.69) is 15.6 Å². The molecule has 0 bridgehead atoms. The van der Waals surface area contributed by atoms with Crippen LogP contribution in [0.1, 0.15) is 48.9 Å². The van der Waals surface area contributed by atoms with E-state index >= 15 is 0 Å². The summed E-state index contributed by atoms with van der Waals surface area (Å²) in [6, 6.07) is 0.528. The second kappa shape index (κ2) is 9.52. The van der Waals surface area contributed by atoms with Crippen molar-refractivity contribution in [2.24, 2.45) is 7.05 Å². The predicted molar refractivity (Wildman–Crippen MR) is 91.4 cm³/mol. The zero-order valence-corrected chi connectivity index (χ0v) is 14.2. The predicted octanol–water partition coefficient (Wildman–Crippen LogP) is 0.538. The highest BCUT2D eigenvalue weighted by Gasteiger charge is 2.13. The van der Waals surface area contributed by atoms with Crippen molar-refractivity contribution in [2.75, 3.05) is 13.1 Å². The lowest BCUT2D eigenvalue weighted by Gasteiger charge is -2.16. The molecule has 0 spiro atoms. The normalized spacial score (nSPS) is 15.5. The van der Waals surface area contributed by atoms with Gasteiger partial charge in [0, 0.05) is 32.4 Å². The van der Waals surface area contributed by atoms with E-state index in [1.165, 1.54) is 51.8 Å². The first kappa shape index (κ1) is 19.4. The fraction of sp³-hybridized carbons (Fsp3) is 0.667. The minimum absolute atomic E-state index is 0. The van der Waals surface area contributed by atoms with E-state index in [4.69, 9.17) is 0 Å². The third kappa shape index (κ3) is 5.51. The summed E-state index contributed by atoms with van der Waals surface area (Å²) in [5.74, 6) is -0.459. The molecule has 7 nitrogen and oxygen atoms in total. The van der Waals surface area contributed by atoms with Crippen LogP contribution in [0, 0.1) is 0 Å². The van der Waals surface area contributed by atoms with E-state index < -0.39 is 17.2 Å². The lowest BCUT2D eigenvalue weighted by molar-refractivity contribution is 0.0951. The second-order valence-corrected chi connectivity index (χ2v) is 5.77. The Bertz CT molecular complexity index is 618. The van der Waals surface area contributed by atoms with Crippen molar-refractivity contribution < 1.29 is 4.79 Å². The highest BCUT2D eigenvalue weighted by molar-refractivity contribution is 5.93. The van der Waals surface area contributed by atoms with Crippen LogP contribution >= 0.6 is 12.4 Å². The minimum atomic E-state index is -0.585. The SMILES string of the molecule is Cl.Cn1c(=O)[nH]cc(C(=O)NCCNC2CCCCCC2)c1=O. The van der Waals surface area contributed by atoms with Crippen molar-refractivity contribution in [1.82, 2.24) is 20.2 Å². The summed E-state index contributed by atoms with van der Waals surface area (Å²) in [7, 11) is 1.34. The van der Waals surface area contributed by atoms with E-state index in [1.54, 1.807) is 0 Å². The zero-order chi connectivity index (χ0) is 15.9. The summed E-state index contributed by atoms with van der Waals surface area (Å²) >= 11 is 0. The molecule has 0 saturated heterocycles. The first-order valence-corrected chi connectivity index (χ1v) is 7.90. The van der Waals surface area contributed by atoms with E-state index in [-0.39, 0.29) is 18.0 Å². The van der Waals surface area contributed by atoms with Gasteiger partial charge in [-0.25, -0.2) is 4.79 Å². The van der Waals surface area contributed by atoms with Gasteiger partial charge >= 0.3 is 5.69 Å². The van der Waals surface area contributed by atoms with E-state index in [0.29, 0.717) is 19.1 Å². The number of amides is 1. The Morgan fingerprint density at radius 2 is 1.87 bits per heavy atom. The number of nitrogens with zero attached hydrogens (tertiary/aromatic N) is 1. The molecule has 130 valence electrons. The third-order valence-corrected chi connectivity index (χ3v) is 4.12. The molecule has 0 aromatic carbocycles. The van der Waals surface area contributed by atoms with Crippen LogP contribution in [0.3, 0.4) is 0 Å². The molecule has 0 atom stereocenters. The molecule has 2 rings (SSSR count). The molecule has 1 aliphatic rings. The topological polar surface area (TPSA) is 96.0 Å². The Labute approximate surface area is 141 Å². The molecule has 0 radical (unpaired) electrons. The number of nitrogens with one attached hydrogen (secondary N) is 3. The van der Waals surface area contributed by atoms with Crippen molar-refractivity contribution >= 4 is 18.3 Å². The van der Waals surface area contributed by atoms with Gasteiger partial charge in [0.1, 0.15) is 5.56 Å². The van der Waals surface area contributed by atoms with Crippen LogP contribution in [0.2, 0.25) is 0 Å². The van der Waals surface area contributed by atoms with Gasteiger partial charge in [-0.3, -0.25) is 14.2 Å². The Balaban J connectivity index is 0.00000264. The molecule has 0 unspecified atom stereocenters. The lowest BCUT2D eigenvalue weighted by atomic mass is 10.1. The second-order valence-electron chi connectivity index (χ2n) is 5.77. The Morgan fingerprint density at radius 3 is 2.52 bits per heavy atom. The molecule has 1 fully saturated rings. The molecule has 8 heteroatoms. The summed E-state index contributed by atoms with van der Waals surface area (Å²) in [4.78, 5) is 37.4. The molecule has 1 aromatic rings. The first-order chi connectivity index (χ1) is 10.6. The molecule has 1 aliphatic carbocycles. The average molecular weight is 345 g/mol. The molecule has 1 aromatic heterocycles. The summed E-state index contributed by atoms with van der Waals surface area (Å²) in [6.07, 6.45) is 8.69.